The van der Waals surface area contributed by atoms with E-state index in [1.165, 1.54) is 40.1 Å². The summed E-state index contributed by atoms with van der Waals surface area (Å²) >= 11 is 0. The maximum Gasteiger partial charge on any atom is 0.412 e. The number of amides is 1. The lowest BCUT2D eigenvalue weighted by Crippen LogP contribution is -2.27. The molecule has 1 N–H and O–H groups in total. The molecular formula is C39H41N3O10. The van der Waals surface area contributed by atoms with Crippen molar-refractivity contribution in [2.45, 2.75) is 32.8 Å². The van der Waals surface area contributed by atoms with Gasteiger partial charge >= 0.3 is 12.1 Å². The van der Waals surface area contributed by atoms with Gasteiger partial charge in [0.2, 0.25) is 5.75 Å². The number of carbonyl (C=O) groups excluding carboxylic acids is 2. The number of ether oxygens (including phenoxy) is 7. The number of hydrogen-bond acceptors (Lipinski definition) is 11. The summed E-state index contributed by atoms with van der Waals surface area (Å²) in [7, 11) is 7.16. The van der Waals surface area contributed by atoms with E-state index in [0.29, 0.717) is 63.1 Å². The van der Waals surface area contributed by atoms with Crippen LogP contribution >= 0.6 is 0 Å². The molecule has 0 aliphatic heterocycles. The summed E-state index contributed by atoms with van der Waals surface area (Å²) in [6.45, 7) is 5.52. The fraction of sp³-hybridized carbons (Fsp3) is 0.282. The highest BCUT2D eigenvalue weighted by Crippen LogP contribution is 2.45. The Balaban J connectivity index is 1.78. The van der Waals surface area contributed by atoms with Crippen molar-refractivity contribution in [1.29, 1.82) is 0 Å². The van der Waals surface area contributed by atoms with E-state index < -0.39 is 23.2 Å². The first-order valence-corrected chi connectivity index (χ1v) is 16.3. The zero-order chi connectivity index (χ0) is 37.6. The Labute approximate surface area is 301 Å². The van der Waals surface area contributed by atoms with Crippen molar-refractivity contribution in [3.63, 3.8) is 0 Å². The predicted octanol–water partition coefficient (Wildman–Crippen LogP) is 6.84. The molecule has 0 saturated heterocycles. The average molecular weight is 712 g/mol. The molecule has 0 fully saturated rings. The van der Waals surface area contributed by atoms with Crippen molar-refractivity contribution in [2.75, 3.05) is 47.5 Å². The van der Waals surface area contributed by atoms with Gasteiger partial charge in [-0.15, -0.1) is 0 Å². The maximum absolute atomic E-state index is 14.7. The standard InChI is InChI=1S/C39H41N3O10/c1-39(2,3)52-38(45)41-25-12-14-26(15-13-25)42-34(37(44)50-8)33(23-19-31(47-5)35(49-7)32(20-23)48-6)27-21-29(46-4)30(22-28(27)36(42)43)51-18-16-24-11-9-10-17-40-24/h9-15,17,19-22H,16,18H2,1-8H3,(H,41,45). The lowest BCUT2D eigenvalue weighted by molar-refractivity contribution is 0.0589. The molecule has 13 nitrogen and oxygen atoms in total. The summed E-state index contributed by atoms with van der Waals surface area (Å²) in [6.07, 6.45) is 1.57. The first-order valence-electron chi connectivity index (χ1n) is 16.3. The fourth-order valence-corrected chi connectivity index (χ4v) is 5.66. The highest BCUT2D eigenvalue weighted by atomic mass is 16.6. The van der Waals surface area contributed by atoms with Crippen molar-refractivity contribution in [3.05, 3.63) is 94.7 Å². The molecule has 2 heterocycles. The van der Waals surface area contributed by atoms with E-state index in [0.717, 1.165) is 5.69 Å². The summed E-state index contributed by atoms with van der Waals surface area (Å²) in [5.41, 5.74) is 0.975. The highest BCUT2D eigenvalue weighted by molar-refractivity contribution is 6.08. The normalized spacial score (nSPS) is 11.1. The third kappa shape index (κ3) is 7.88. The van der Waals surface area contributed by atoms with Gasteiger partial charge in [-0.3, -0.25) is 19.7 Å². The highest BCUT2D eigenvalue weighted by Gasteiger charge is 2.28. The van der Waals surface area contributed by atoms with Crippen LogP contribution in [0.15, 0.2) is 77.7 Å². The zero-order valence-electron chi connectivity index (χ0n) is 30.3. The van der Waals surface area contributed by atoms with Gasteiger partial charge in [0.15, 0.2) is 23.0 Å². The summed E-state index contributed by atoms with van der Waals surface area (Å²) < 4.78 is 40.7. The van der Waals surface area contributed by atoms with Gasteiger partial charge in [-0.25, -0.2) is 9.59 Å². The zero-order valence-corrected chi connectivity index (χ0v) is 30.3. The van der Waals surface area contributed by atoms with Crippen molar-refractivity contribution in [3.8, 4) is 45.6 Å². The number of carbonyl (C=O) groups is 2. The van der Waals surface area contributed by atoms with Crippen LogP contribution in [0.1, 0.15) is 37.0 Å². The number of fused-ring (bicyclic) bond motifs is 1. The number of anilines is 1. The second-order valence-electron chi connectivity index (χ2n) is 12.4. The van der Waals surface area contributed by atoms with Crippen molar-refractivity contribution >= 4 is 28.5 Å². The second-order valence-corrected chi connectivity index (χ2v) is 12.4. The van der Waals surface area contributed by atoms with Gasteiger partial charge in [-0.2, -0.15) is 0 Å². The number of benzene rings is 3. The van der Waals surface area contributed by atoms with Crippen LogP contribution in [0.5, 0.6) is 28.7 Å². The smallest absolute Gasteiger partial charge is 0.412 e. The Morgan fingerprint density at radius 2 is 1.44 bits per heavy atom. The van der Waals surface area contributed by atoms with Crippen LogP contribution in [0.3, 0.4) is 0 Å². The molecular weight excluding hydrogens is 670 g/mol. The molecule has 0 atom stereocenters. The number of rotatable bonds is 12. The molecule has 3 aromatic carbocycles. The van der Waals surface area contributed by atoms with Crippen LogP contribution in [0.2, 0.25) is 0 Å². The molecule has 0 radical (unpaired) electrons. The minimum absolute atomic E-state index is 0.0898. The number of esters is 1. The van der Waals surface area contributed by atoms with Gasteiger partial charge in [0.25, 0.3) is 5.56 Å². The van der Waals surface area contributed by atoms with E-state index in [1.54, 1.807) is 75.5 Å². The van der Waals surface area contributed by atoms with E-state index in [-0.39, 0.29) is 17.7 Å². The molecule has 0 spiro atoms. The Morgan fingerprint density at radius 3 is 2.00 bits per heavy atom. The molecule has 1 amide bonds. The van der Waals surface area contributed by atoms with Crippen molar-refractivity contribution < 1.29 is 42.7 Å². The molecule has 2 aromatic heterocycles. The number of nitrogens with one attached hydrogen (secondary N) is 1. The number of aromatic nitrogens is 2. The van der Waals surface area contributed by atoms with Crippen molar-refractivity contribution in [1.82, 2.24) is 9.55 Å². The molecule has 0 saturated carbocycles. The molecule has 0 bridgehead atoms. The van der Waals surface area contributed by atoms with Gasteiger partial charge in [-0.05, 0) is 87.0 Å². The van der Waals surface area contributed by atoms with Crippen LogP contribution in [0.4, 0.5) is 10.5 Å². The van der Waals surface area contributed by atoms with E-state index in [1.807, 2.05) is 18.2 Å². The Morgan fingerprint density at radius 1 is 0.788 bits per heavy atom. The van der Waals surface area contributed by atoms with E-state index >= 15 is 0 Å². The van der Waals surface area contributed by atoms with E-state index in [9.17, 15) is 14.4 Å². The third-order valence-electron chi connectivity index (χ3n) is 7.91. The summed E-state index contributed by atoms with van der Waals surface area (Å²) in [5.74, 6) is 0.810. The largest absolute Gasteiger partial charge is 0.493 e. The topological polar surface area (TPSA) is 146 Å². The molecule has 5 rings (SSSR count). The Bertz CT molecular complexity index is 2110. The van der Waals surface area contributed by atoms with Gasteiger partial charge in [0.1, 0.15) is 11.3 Å². The number of nitrogens with zero attached hydrogens (tertiary/aromatic N) is 2. The first-order chi connectivity index (χ1) is 24.9. The molecule has 0 unspecified atom stereocenters. The van der Waals surface area contributed by atoms with Gasteiger partial charge in [-0.1, -0.05) is 6.07 Å². The maximum atomic E-state index is 14.7. The van der Waals surface area contributed by atoms with E-state index in [4.69, 9.17) is 33.2 Å². The van der Waals surface area contributed by atoms with Crippen molar-refractivity contribution in [2.24, 2.45) is 0 Å². The molecule has 5 aromatic rings. The molecule has 272 valence electrons. The number of pyridine rings is 2. The quantitative estimate of drug-likeness (QED) is 0.136. The summed E-state index contributed by atoms with van der Waals surface area (Å²) in [6, 6.07) is 18.6. The predicted molar refractivity (Wildman–Crippen MR) is 196 cm³/mol. The number of hydrogen-bond donors (Lipinski definition) is 1. The SMILES string of the molecule is COC(=O)c1c(-c2cc(OC)c(OC)c(OC)c2)c2cc(OC)c(OCCc3ccccn3)cc2c(=O)n1-c1ccc(NC(=O)OC(C)(C)C)cc1. The summed E-state index contributed by atoms with van der Waals surface area (Å²) in [5, 5.41) is 3.26. The van der Waals surface area contributed by atoms with Gasteiger partial charge < -0.3 is 33.2 Å². The number of methoxy groups -OCH3 is 5. The van der Waals surface area contributed by atoms with Crippen LogP contribution < -0.4 is 34.6 Å². The molecule has 13 heteroatoms. The Hall–Kier alpha value is -6.24. The third-order valence-corrected chi connectivity index (χ3v) is 7.91. The van der Waals surface area contributed by atoms with Gasteiger partial charge in [0.05, 0.1) is 47.5 Å². The lowest BCUT2D eigenvalue weighted by Gasteiger charge is -2.22. The van der Waals surface area contributed by atoms with Crippen LogP contribution in [0, 0.1) is 0 Å². The molecule has 52 heavy (non-hydrogen) atoms. The van der Waals surface area contributed by atoms with E-state index in [2.05, 4.69) is 10.3 Å². The van der Waals surface area contributed by atoms with Gasteiger partial charge in [0, 0.05) is 40.6 Å². The average Bonchev–Trinajstić information content (AvgIpc) is 3.13. The molecule has 0 aliphatic carbocycles. The lowest BCUT2D eigenvalue weighted by atomic mass is 9.95. The van der Waals surface area contributed by atoms with Crippen LogP contribution in [0.25, 0.3) is 27.6 Å². The minimum atomic E-state index is -0.798. The molecule has 0 aliphatic rings. The monoisotopic (exact) mass is 711 g/mol. The summed E-state index contributed by atoms with van der Waals surface area (Å²) in [4.78, 5) is 45.3. The Kier molecular flexibility index (Phi) is 11.2. The second kappa shape index (κ2) is 15.8. The first kappa shape index (κ1) is 37.0. The fourth-order valence-electron chi connectivity index (χ4n) is 5.66. The minimum Gasteiger partial charge on any atom is -0.493 e. The van der Waals surface area contributed by atoms with Crippen LogP contribution in [-0.2, 0) is 15.9 Å². The van der Waals surface area contributed by atoms with Crippen LogP contribution in [-0.4, -0.2) is 69.4 Å².